The van der Waals surface area contributed by atoms with Gasteiger partial charge in [0.2, 0.25) is 5.91 Å². The van der Waals surface area contributed by atoms with E-state index in [0.29, 0.717) is 24.9 Å². The van der Waals surface area contributed by atoms with Crippen LogP contribution in [0.5, 0.6) is 0 Å². The van der Waals surface area contributed by atoms with Crippen LogP contribution in [0.15, 0.2) is 0 Å². The molecule has 13 heteroatoms. The summed E-state index contributed by atoms with van der Waals surface area (Å²) in [5, 5.41) is 45.6. The van der Waals surface area contributed by atoms with Crippen molar-refractivity contribution in [3.63, 3.8) is 0 Å². The smallest absolute Gasteiger partial charge is 0.335 e. The van der Waals surface area contributed by atoms with E-state index in [1.807, 2.05) is 19.0 Å². The van der Waals surface area contributed by atoms with E-state index in [4.69, 9.17) is 20.4 Å². The molecular weight excluding hydrogens is 534 g/mol. The molecule has 41 heavy (non-hydrogen) atoms. The highest BCUT2D eigenvalue weighted by atomic mass is 16.4. The molecular formula is C28H45N5O8. The van der Waals surface area contributed by atoms with E-state index in [1.54, 1.807) is 9.80 Å². The maximum absolute atomic E-state index is 12.9. The molecule has 0 aromatic heterocycles. The van der Waals surface area contributed by atoms with Crippen molar-refractivity contribution in [2.45, 2.75) is 88.0 Å². The number of fused-ring (bicyclic) bond motifs is 1. The average molecular weight is 580 g/mol. The lowest BCUT2D eigenvalue weighted by atomic mass is 9.77. The quantitative estimate of drug-likeness (QED) is 0.273. The summed E-state index contributed by atoms with van der Waals surface area (Å²) in [6.07, 6.45) is 7.08. The minimum atomic E-state index is -2.27. The number of aliphatic carboxylic acids is 2. The zero-order chi connectivity index (χ0) is 30.3. The van der Waals surface area contributed by atoms with E-state index in [0.717, 1.165) is 51.1 Å². The normalized spacial score (nSPS) is 29.1. The summed E-state index contributed by atoms with van der Waals surface area (Å²) in [6.45, 7) is 2.73. The monoisotopic (exact) mass is 579 g/mol. The van der Waals surface area contributed by atoms with Gasteiger partial charge in [0.15, 0.2) is 12.2 Å². The average Bonchev–Trinajstić information content (AvgIpc) is 3.65. The predicted molar refractivity (Wildman–Crippen MR) is 146 cm³/mol. The van der Waals surface area contributed by atoms with Gasteiger partial charge in [-0.15, -0.1) is 0 Å². The topological polar surface area (TPSA) is 195 Å². The lowest BCUT2D eigenvalue weighted by Crippen LogP contribution is -2.51. The predicted octanol–water partition coefficient (Wildman–Crippen LogP) is 0.701. The third kappa shape index (κ3) is 8.30. The summed E-state index contributed by atoms with van der Waals surface area (Å²) in [4.78, 5) is 50.4. The second kappa shape index (κ2) is 14.3. The van der Waals surface area contributed by atoms with Crippen LogP contribution in [0, 0.1) is 29.1 Å². The van der Waals surface area contributed by atoms with E-state index in [9.17, 15) is 24.4 Å². The first-order valence-electron chi connectivity index (χ1n) is 14.6. The molecule has 6 atom stereocenters. The number of nitrogens with one attached hydrogen (secondary N) is 1. The molecule has 13 nitrogen and oxygen atoms in total. The van der Waals surface area contributed by atoms with Gasteiger partial charge in [0, 0.05) is 39.3 Å². The van der Waals surface area contributed by atoms with Crippen LogP contribution in [0.4, 0.5) is 4.79 Å². The summed E-state index contributed by atoms with van der Waals surface area (Å²) >= 11 is 0. The van der Waals surface area contributed by atoms with Crippen molar-refractivity contribution in [3.05, 3.63) is 0 Å². The van der Waals surface area contributed by atoms with Crippen LogP contribution in [0.3, 0.4) is 0 Å². The maximum atomic E-state index is 12.9. The van der Waals surface area contributed by atoms with Crippen LogP contribution < -0.4 is 5.32 Å². The zero-order valence-electron chi connectivity index (χ0n) is 24.1. The number of hydrogen-bond donors (Lipinski definition) is 5. The number of amides is 3. The molecule has 4 fully saturated rings. The Kier molecular flexibility index (Phi) is 11.3. The van der Waals surface area contributed by atoms with Crippen molar-refractivity contribution in [2.75, 3.05) is 40.3 Å². The second-order valence-corrected chi connectivity index (χ2v) is 12.3. The Morgan fingerprint density at radius 2 is 1.51 bits per heavy atom. The Labute approximate surface area is 241 Å². The van der Waals surface area contributed by atoms with Gasteiger partial charge in [-0.3, -0.25) is 4.79 Å². The maximum Gasteiger partial charge on any atom is 0.335 e. The van der Waals surface area contributed by atoms with Gasteiger partial charge in [0.25, 0.3) is 0 Å². The number of aliphatic hydroxyl groups excluding tert-OH is 2. The Morgan fingerprint density at radius 3 is 2.00 bits per heavy atom. The van der Waals surface area contributed by atoms with Gasteiger partial charge in [-0.05, 0) is 49.9 Å². The lowest BCUT2D eigenvalue weighted by Gasteiger charge is -2.38. The van der Waals surface area contributed by atoms with Crippen molar-refractivity contribution >= 4 is 23.9 Å². The van der Waals surface area contributed by atoms with E-state index in [2.05, 4.69) is 11.4 Å². The van der Waals surface area contributed by atoms with Crippen LogP contribution in [-0.2, 0) is 14.4 Å². The number of nitrogens with zero attached hydrogens (tertiary/aromatic N) is 4. The van der Waals surface area contributed by atoms with E-state index < -0.39 is 24.1 Å². The first-order chi connectivity index (χ1) is 19.4. The molecule has 3 unspecified atom stereocenters. The fourth-order valence-electron chi connectivity index (χ4n) is 7.09. The van der Waals surface area contributed by atoms with Crippen LogP contribution in [0.2, 0.25) is 0 Å². The number of hydrogen-bond acceptors (Lipinski definition) is 8. The Bertz CT molecular complexity index is 962. The van der Waals surface area contributed by atoms with Crippen LogP contribution >= 0.6 is 0 Å². The molecule has 2 saturated carbocycles. The molecule has 0 aromatic carbocycles. The largest absolute Gasteiger partial charge is 0.479 e. The molecule has 3 amide bonds. The highest BCUT2D eigenvalue weighted by Gasteiger charge is 2.50. The molecule has 2 aliphatic carbocycles. The van der Waals surface area contributed by atoms with Crippen molar-refractivity contribution in [3.8, 4) is 6.07 Å². The van der Waals surface area contributed by atoms with Crippen LogP contribution in [-0.4, -0.2) is 123 Å². The van der Waals surface area contributed by atoms with Gasteiger partial charge >= 0.3 is 18.0 Å². The Balaban J connectivity index is 0.000000397. The van der Waals surface area contributed by atoms with E-state index in [1.165, 1.54) is 32.1 Å². The molecule has 0 radical (unpaired) electrons. The summed E-state index contributed by atoms with van der Waals surface area (Å²) in [6, 6.07) is 2.16. The fraction of sp³-hybridized carbons (Fsp3) is 0.821. The molecule has 230 valence electrons. The zero-order valence-corrected chi connectivity index (χ0v) is 24.1. The first-order valence-corrected chi connectivity index (χ1v) is 14.6. The first kappa shape index (κ1) is 32.6. The van der Waals surface area contributed by atoms with E-state index >= 15 is 0 Å². The second-order valence-electron chi connectivity index (χ2n) is 12.3. The Hall–Kier alpha value is -2.95. The third-order valence-electron chi connectivity index (χ3n) is 9.08. The minimum absolute atomic E-state index is 0.00210. The molecule has 0 spiro atoms. The number of carboxylic acid groups (broad SMARTS) is 2. The van der Waals surface area contributed by atoms with Gasteiger partial charge in [0.05, 0.1) is 12.6 Å². The van der Waals surface area contributed by atoms with Gasteiger partial charge in [0.1, 0.15) is 6.04 Å². The summed E-state index contributed by atoms with van der Waals surface area (Å²) in [7, 11) is 3.65. The number of carbonyl (C=O) groups excluding carboxylic acids is 2. The summed E-state index contributed by atoms with van der Waals surface area (Å²) in [5.74, 6) is -1.67. The number of aliphatic hydroxyl groups is 2. The third-order valence-corrected chi connectivity index (χ3v) is 9.08. The molecule has 2 saturated heterocycles. The fourth-order valence-corrected chi connectivity index (χ4v) is 7.09. The lowest BCUT2D eigenvalue weighted by molar-refractivity contribution is -0.165. The minimum Gasteiger partial charge on any atom is -0.479 e. The number of carbonyl (C=O) groups is 4. The summed E-state index contributed by atoms with van der Waals surface area (Å²) in [5.41, 5.74) is 0.00210. The SMILES string of the molecule is CN(C)C(=O)N1C[C@@H]2CC(CC3CCCCC3)(NCC(=O)N3CCC[C@H]3C#N)C[C@@H]2C1.O=C(O)C(O)C(O)C(=O)O. The summed E-state index contributed by atoms with van der Waals surface area (Å²) < 4.78 is 0. The van der Waals surface area contributed by atoms with Crippen molar-refractivity contribution in [1.29, 1.82) is 5.26 Å². The number of carboxylic acids is 2. The number of rotatable bonds is 8. The van der Waals surface area contributed by atoms with Gasteiger partial charge < -0.3 is 40.4 Å². The van der Waals surface area contributed by atoms with Gasteiger partial charge in [-0.1, -0.05) is 32.1 Å². The van der Waals surface area contributed by atoms with E-state index in [-0.39, 0.29) is 23.5 Å². The number of urea groups is 1. The van der Waals surface area contributed by atoms with Crippen molar-refractivity contribution in [2.24, 2.45) is 17.8 Å². The number of nitriles is 1. The highest BCUT2D eigenvalue weighted by Crippen LogP contribution is 2.48. The number of likely N-dealkylation sites (tertiary alicyclic amines) is 2. The molecule has 0 bridgehead atoms. The molecule has 5 N–H and O–H groups in total. The molecule has 2 heterocycles. The molecule has 4 aliphatic rings. The highest BCUT2D eigenvalue weighted by molar-refractivity contribution is 5.83. The van der Waals surface area contributed by atoms with Crippen LogP contribution in [0.1, 0.15) is 64.2 Å². The van der Waals surface area contributed by atoms with Crippen molar-refractivity contribution in [1.82, 2.24) is 20.0 Å². The molecule has 4 rings (SSSR count). The van der Waals surface area contributed by atoms with Crippen LogP contribution in [0.25, 0.3) is 0 Å². The van der Waals surface area contributed by atoms with Crippen molar-refractivity contribution < 1.29 is 39.6 Å². The standard InChI is InChI=1S/C24H39N5O2.C4H6O6/c1-27(2)23(31)28-16-19-12-24(13-20(19)17-28,11-18-7-4-3-5-8-18)26-15-22(30)29-10-6-9-21(29)14-25;5-1(3(7)8)2(6)4(9)10/h18-21,26H,3-13,15-17H2,1-2H3;1-2,5-6H,(H,7,8)(H,9,10)/t19-,20+,21-,24?;/m0./s1. The molecule has 0 aromatic rings. The molecule has 2 aliphatic heterocycles. The van der Waals surface area contributed by atoms with Gasteiger partial charge in [-0.2, -0.15) is 5.26 Å². The Morgan fingerprint density at radius 1 is 0.951 bits per heavy atom. The van der Waals surface area contributed by atoms with Gasteiger partial charge in [-0.25, -0.2) is 14.4 Å².